The Hall–Kier alpha value is -0.910. The van der Waals surface area contributed by atoms with Crippen LogP contribution in [0.15, 0.2) is 12.4 Å². The molecule has 1 aliphatic heterocycles. The molecule has 96 valence electrons. The highest BCUT2D eigenvalue weighted by Gasteiger charge is 2.12. The second-order valence-corrected chi connectivity index (χ2v) is 4.52. The van der Waals surface area contributed by atoms with Crippen LogP contribution in [0.1, 0.15) is 18.4 Å². The molecule has 0 aromatic carbocycles. The summed E-state index contributed by atoms with van der Waals surface area (Å²) >= 11 is 0. The summed E-state index contributed by atoms with van der Waals surface area (Å²) in [6.45, 7) is 4.41. The first kappa shape index (κ1) is 12.5. The first-order valence-electron chi connectivity index (χ1n) is 6.29. The lowest BCUT2D eigenvalue weighted by Crippen LogP contribution is -2.27. The molecule has 1 aliphatic rings. The van der Waals surface area contributed by atoms with Crippen molar-refractivity contribution >= 4 is 0 Å². The van der Waals surface area contributed by atoms with Gasteiger partial charge in [0.05, 0.1) is 19.3 Å². The van der Waals surface area contributed by atoms with Gasteiger partial charge in [-0.2, -0.15) is 5.10 Å². The first-order valence-corrected chi connectivity index (χ1v) is 6.29. The summed E-state index contributed by atoms with van der Waals surface area (Å²) in [5.41, 5.74) is 1.17. The average molecular weight is 239 g/mol. The van der Waals surface area contributed by atoms with Crippen molar-refractivity contribution < 1.29 is 9.84 Å². The summed E-state index contributed by atoms with van der Waals surface area (Å²) in [6, 6.07) is 0. The molecule has 0 saturated carbocycles. The Morgan fingerprint density at radius 2 is 2.29 bits per heavy atom. The van der Waals surface area contributed by atoms with Crippen LogP contribution in [0.5, 0.6) is 0 Å². The molecule has 1 saturated heterocycles. The molecule has 2 heterocycles. The van der Waals surface area contributed by atoms with Crippen LogP contribution in [-0.4, -0.2) is 41.3 Å². The van der Waals surface area contributed by atoms with Crippen molar-refractivity contribution in [1.29, 1.82) is 0 Å². The van der Waals surface area contributed by atoms with Crippen molar-refractivity contribution in [3.05, 3.63) is 18.0 Å². The van der Waals surface area contributed by atoms with Gasteiger partial charge in [0.2, 0.25) is 0 Å². The lowest BCUT2D eigenvalue weighted by Gasteiger charge is -2.22. The van der Waals surface area contributed by atoms with E-state index in [0.29, 0.717) is 6.54 Å². The van der Waals surface area contributed by atoms with Crippen LogP contribution in [0.4, 0.5) is 0 Å². The molecule has 1 fully saturated rings. The van der Waals surface area contributed by atoms with Crippen molar-refractivity contribution in [1.82, 2.24) is 15.1 Å². The molecule has 1 aromatic heterocycles. The van der Waals surface area contributed by atoms with Gasteiger partial charge in [0, 0.05) is 31.5 Å². The summed E-state index contributed by atoms with van der Waals surface area (Å²) in [6.07, 6.45) is 6.16. The average Bonchev–Trinajstić information content (AvgIpc) is 2.79. The normalized spacial score (nSPS) is 17.5. The van der Waals surface area contributed by atoms with E-state index in [1.165, 1.54) is 5.56 Å². The van der Waals surface area contributed by atoms with E-state index >= 15 is 0 Å². The highest BCUT2D eigenvalue weighted by Crippen LogP contribution is 2.13. The van der Waals surface area contributed by atoms with Gasteiger partial charge in [-0.25, -0.2) is 0 Å². The fourth-order valence-electron chi connectivity index (χ4n) is 2.09. The van der Waals surface area contributed by atoms with Gasteiger partial charge in [-0.05, 0) is 25.3 Å². The van der Waals surface area contributed by atoms with Gasteiger partial charge in [-0.15, -0.1) is 0 Å². The highest BCUT2D eigenvalue weighted by atomic mass is 16.5. The predicted molar refractivity (Wildman–Crippen MR) is 64.6 cm³/mol. The minimum absolute atomic E-state index is 0.136. The number of hydrogen-bond acceptors (Lipinski definition) is 4. The summed E-state index contributed by atoms with van der Waals surface area (Å²) in [5, 5.41) is 16.4. The van der Waals surface area contributed by atoms with E-state index in [-0.39, 0.29) is 6.61 Å². The van der Waals surface area contributed by atoms with E-state index < -0.39 is 0 Å². The van der Waals surface area contributed by atoms with E-state index in [4.69, 9.17) is 9.84 Å². The number of aliphatic hydroxyl groups is 1. The lowest BCUT2D eigenvalue weighted by atomic mass is 10.0. The molecular formula is C12H21N3O2. The SMILES string of the molecule is OCCn1cc(CNCC2CCOCC2)cn1. The van der Waals surface area contributed by atoms with Crippen LogP contribution in [0, 0.1) is 5.92 Å². The molecule has 5 heteroatoms. The Balaban J connectivity index is 1.66. The van der Waals surface area contributed by atoms with Crippen LogP contribution < -0.4 is 5.32 Å². The lowest BCUT2D eigenvalue weighted by molar-refractivity contribution is 0.0662. The van der Waals surface area contributed by atoms with Crippen LogP contribution in [0.2, 0.25) is 0 Å². The van der Waals surface area contributed by atoms with Gasteiger partial charge in [0.1, 0.15) is 0 Å². The Kier molecular flexibility index (Phi) is 4.97. The summed E-state index contributed by atoms with van der Waals surface area (Å²) in [4.78, 5) is 0. The van der Waals surface area contributed by atoms with Crippen molar-refractivity contribution in [2.45, 2.75) is 25.9 Å². The van der Waals surface area contributed by atoms with Gasteiger partial charge in [-0.3, -0.25) is 4.68 Å². The van der Waals surface area contributed by atoms with E-state index in [1.807, 2.05) is 12.4 Å². The molecular weight excluding hydrogens is 218 g/mol. The highest BCUT2D eigenvalue weighted by molar-refractivity contribution is 5.03. The standard InChI is InChI=1S/C12H21N3O2/c16-4-3-15-10-12(9-14-15)8-13-7-11-1-5-17-6-2-11/h9-11,13,16H,1-8H2. The van der Waals surface area contributed by atoms with Crippen molar-refractivity contribution in [3.8, 4) is 0 Å². The largest absolute Gasteiger partial charge is 0.394 e. The molecule has 0 aliphatic carbocycles. The Bertz CT molecular complexity index is 321. The topological polar surface area (TPSA) is 59.3 Å². The van der Waals surface area contributed by atoms with Gasteiger partial charge >= 0.3 is 0 Å². The monoisotopic (exact) mass is 239 g/mol. The van der Waals surface area contributed by atoms with E-state index in [1.54, 1.807) is 4.68 Å². The second-order valence-electron chi connectivity index (χ2n) is 4.52. The first-order chi connectivity index (χ1) is 8.38. The maximum Gasteiger partial charge on any atom is 0.0640 e. The molecule has 0 bridgehead atoms. The van der Waals surface area contributed by atoms with Crippen molar-refractivity contribution in [3.63, 3.8) is 0 Å². The fraction of sp³-hybridized carbons (Fsp3) is 0.750. The third kappa shape index (κ3) is 4.11. The van der Waals surface area contributed by atoms with E-state index in [2.05, 4.69) is 10.4 Å². The maximum absolute atomic E-state index is 8.79. The number of ether oxygens (including phenoxy) is 1. The van der Waals surface area contributed by atoms with Crippen molar-refractivity contribution in [2.75, 3.05) is 26.4 Å². The van der Waals surface area contributed by atoms with Crippen molar-refractivity contribution in [2.24, 2.45) is 5.92 Å². The molecule has 2 N–H and O–H groups in total. The van der Waals surface area contributed by atoms with Crippen LogP contribution in [-0.2, 0) is 17.8 Å². The van der Waals surface area contributed by atoms with Crippen LogP contribution in [0.25, 0.3) is 0 Å². The molecule has 0 radical (unpaired) electrons. The Labute approximate surface area is 102 Å². The third-order valence-corrected chi connectivity index (χ3v) is 3.12. The summed E-state index contributed by atoms with van der Waals surface area (Å²) in [7, 11) is 0. The zero-order valence-electron chi connectivity index (χ0n) is 10.1. The molecule has 1 aromatic rings. The minimum atomic E-state index is 0.136. The molecule has 5 nitrogen and oxygen atoms in total. The number of hydrogen-bond donors (Lipinski definition) is 2. The molecule has 0 spiro atoms. The van der Waals surface area contributed by atoms with E-state index in [9.17, 15) is 0 Å². The smallest absolute Gasteiger partial charge is 0.0640 e. The zero-order valence-corrected chi connectivity index (χ0v) is 10.1. The van der Waals surface area contributed by atoms with E-state index in [0.717, 1.165) is 45.1 Å². The predicted octanol–water partition coefficient (Wildman–Crippen LogP) is 0.392. The van der Waals surface area contributed by atoms with Gasteiger partial charge in [-0.1, -0.05) is 0 Å². The summed E-state index contributed by atoms with van der Waals surface area (Å²) in [5.74, 6) is 0.747. The quantitative estimate of drug-likeness (QED) is 0.754. The third-order valence-electron chi connectivity index (χ3n) is 3.12. The Morgan fingerprint density at radius 3 is 3.06 bits per heavy atom. The molecule has 0 amide bonds. The Morgan fingerprint density at radius 1 is 1.47 bits per heavy atom. The number of aromatic nitrogens is 2. The molecule has 17 heavy (non-hydrogen) atoms. The fourth-order valence-corrected chi connectivity index (χ4v) is 2.09. The zero-order chi connectivity index (χ0) is 11.9. The summed E-state index contributed by atoms with van der Waals surface area (Å²) < 4.78 is 7.10. The maximum atomic E-state index is 8.79. The van der Waals surface area contributed by atoms with Gasteiger partial charge in [0.25, 0.3) is 0 Å². The van der Waals surface area contributed by atoms with Gasteiger partial charge < -0.3 is 15.2 Å². The van der Waals surface area contributed by atoms with Crippen LogP contribution in [0.3, 0.4) is 0 Å². The van der Waals surface area contributed by atoms with Gasteiger partial charge in [0.15, 0.2) is 0 Å². The molecule has 2 rings (SSSR count). The number of rotatable bonds is 6. The molecule has 0 unspecified atom stereocenters. The minimum Gasteiger partial charge on any atom is -0.394 e. The second kappa shape index (κ2) is 6.74. The van der Waals surface area contributed by atoms with Crippen LogP contribution >= 0.6 is 0 Å². The number of aliphatic hydroxyl groups excluding tert-OH is 1. The molecule has 0 atom stereocenters. The number of nitrogens with zero attached hydrogens (tertiary/aromatic N) is 2. The number of nitrogens with one attached hydrogen (secondary N) is 1.